The van der Waals surface area contributed by atoms with Crippen LogP contribution in [0.2, 0.25) is 0 Å². The zero-order valence-electron chi connectivity index (χ0n) is 13.4. The zero-order valence-corrected chi connectivity index (χ0v) is 13.4. The number of aliphatic hydroxyl groups is 1. The number of urea groups is 1. The van der Waals surface area contributed by atoms with Gasteiger partial charge in [-0.3, -0.25) is 0 Å². The summed E-state index contributed by atoms with van der Waals surface area (Å²) < 4.78 is 38.8. The van der Waals surface area contributed by atoms with Crippen molar-refractivity contribution in [3.8, 4) is 0 Å². The first-order valence-electron chi connectivity index (χ1n) is 7.77. The van der Waals surface area contributed by atoms with E-state index >= 15 is 0 Å². The van der Waals surface area contributed by atoms with Crippen LogP contribution in [-0.2, 0) is 12.6 Å². The second kappa shape index (κ2) is 6.40. The van der Waals surface area contributed by atoms with E-state index < -0.39 is 29.9 Å². The van der Waals surface area contributed by atoms with E-state index in [1.165, 1.54) is 19.1 Å². The van der Waals surface area contributed by atoms with Crippen molar-refractivity contribution in [2.75, 3.05) is 5.32 Å². The fraction of sp³-hybridized carbons (Fsp3) is 0.278. The standard InChI is InChI=1S/C18H17F3N2O2/c1-10-6-7-12(9-14(10)18(19,20)21)22-17(25)23-16-13-5-3-2-4-11(13)8-15(16)24/h2-7,9,15-16,24H,8H2,1H3,(H2,22,23,25). The van der Waals surface area contributed by atoms with Crippen LogP contribution in [-0.4, -0.2) is 17.2 Å². The molecule has 0 radical (unpaired) electrons. The molecule has 2 atom stereocenters. The molecule has 7 heteroatoms. The van der Waals surface area contributed by atoms with E-state index in [-0.39, 0.29) is 11.3 Å². The minimum Gasteiger partial charge on any atom is -0.390 e. The number of halogens is 3. The molecule has 0 aromatic heterocycles. The lowest BCUT2D eigenvalue weighted by Gasteiger charge is -2.19. The number of nitrogens with one attached hydrogen (secondary N) is 2. The van der Waals surface area contributed by atoms with Crippen LogP contribution < -0.4 is 10.6 Å². The Bertz CT molecular complexity index is 805. The van der Waals surface area contributed by atoms with Crippen molar-refractivity contribution >= 4 is 11.7 Å². The number of aliphatic hydroxyl groups excluding tert-OH is 1. The predicted octanol–water partition coefficient (Wildman–Crippen LogP) is 3.79. The Kier molecular flexibility index (Phi) is 4.43. The third-order valence-electron chi connectivity index (χ3n) is 4.29. The second-order valence-corrected chi connectivity index (χ2v) is 6.07. The molecule has 2 aromatic rings. The van der Waals surface area contributed by atoms with Crippen molar-refractivity contribution in [2.45, 2.75) is 31.7 Å². The summed E-state index contributed by atoms with van der Waals surface area (Å²) in [6, 6.07) is 9.67. The van der Waals surface area contributed by atoms with Gasteiger partial charge in [0.15, 0.2) is 0 Å². The van der Waals surface area contributed by atoms with Crippen molar-refractivity contribution in [1.82, 2.24) is 5.32 Å². The van der Waals surface area contributed by atoms with Crippen LogP contribution in [0, 0.1) is 6.92 Å². The van der Waals surface area contributed by atoms with E-state index in [1.54, 1.807) is 6.07 Å². The molecule has 132 valence electrons. The number of hydrogen-bond acceptors (Lipinski definition) is 2. The summed E-state index contributed by atoms with van der Waals surface area (Å²) in [7, 11) is 0. The number of anilines is 1. The van der Waals surface area contributed by atoms with Crippen LogP contribution in [0.25, 0.3) is 0 Å². The Hall–Kier alpha value is -2.54. The van der Waals surface area contributed by atoms with Gasteiger partial charge in [0.2, 0.25) is 0 Å². The van der Waals surface area contributed by atoms with E-state index in [0.29, 0.717) is 6.42 Å². The number of benzene rings is 2. The van der Waals surface area contributed by atoms with Gasteiger partial charge in [-0.1, -0.05) is 30.3 Å². The molecule has 4 nitrogen and oxygen atoms in total. The van der Waals surface area contributed by atoms with Gasteiger partial charge in [-0.2, -0.15) is 13.2 Å². The number of aryl methyl sites for hydroxylation is 1. The quantitative estimate of drug-likeness (QED) is 0.772. The second-order valence-electron chi connectivity index (χ2n) is 6.07. The minimum absolute atomic E-state index is 0.0381. The molecule has 3 rings (SSSR count). The van der Waals surface area contributed by atoms with Crippen molar-refractivity contribution in [3.05, 3.63) is 64.7 Å². The number of hydrogen-bond donors (Lipinski definition) is 3. The van der Waals surface area contributed by atoms with Gasteiger partial charge in [-0.05, 0) is 35.7 Å². The molecule has 0 bridgehead atoms. The lowest BCUT2D eigenvalue weighted by molar-refractivity contribution is -0.138. The monoisotopic (exact) mass is 350 g/mol. The van der Waals surface area contributed by atoms with E-state index in [4.69, 9.17) is 0 Å². The molecular weight excluding hydrogens is 333 g/mol. The van der Waals surface area contributed by atoms with Crippen molar-refractivity contribution < 1.29 is 23.1 Å². The summed E-state index contributed by atoms with van der Waals surface area (Å²) in [5.41, 5.74) is 1.08. The molecular formula is C18H17F3N2O2. The third-order valence-corrected chi connectivity index (χ3v) is 4.29. The lowest BCUT2D eigenvalue weighted by Crippen LogP contribution is -2.36. The van der Waals surface area contributed by atoms with E-state index in [9.17, 15) is 23.1 Å². The van der Waals surface area contributed by atoms with Crippen LogP contribution >= 0.6 is 0 Å². The molecule has 0 saturated heterocycles. The maximum absolute atomic E-state index is 12.9. The Morgan fingerprint density at radius 3 is 2.64 bits per heavy atom. The molecule has 25 heavy (non-hydrogen) atoms. The molecule has 0 saturated carbocycles. The van der Waals surface area contributed by atoms with Gasteiger partial charge in [0, 0.05) is 12.1 Å². The zero-order chi connectivity index (χ0) is 18.2. The van der Waals surface area contributed by atoms with Crippen molar-refractivity contribution in [3.63, 3.8) is 0 Å². The Labute approximate surface area is 142 Å². The number of alkyl halides is 3. The summed E-state index contributed by atoms with van der Waals surface area (Å²) >= 11 is 0. The third kappa shape index (κ3) is 3.61. The topological polar surface area (TPSA) is 61.4 Å². The highest BCUT2D eigenvalue weighted by atomic mass is 19.4. The fourth-order valence-electron chi connectivity index (χ4n) is 3.06. The molecule has 3 N–H and O–H groups in total. The Morgan fingerprint density at radius 2 is 1.92 bits per heavy atom. The maximum atomic E-state index is 12.9. The van der Waals surface area contributed by atoms with E-state index in [2.05, 4.69) is 10.6 Å². The van der Waals surface area contributed by atoms with Crippen LogP contribution in [0.5, 0.6) is 0 Å². The van der Waals surface area contributed by atoms with Gasteiger partial charge in [-0.15, -0.1) is 0 Å². The normalized spacial score (nSPS) is 19.4. The predicted molar refractivity (Wildman–Crippen MR) is 87.2 cm³/mol. The highest BCUT2D eigenvalue weighted by Gasteiger charge is 2.33. The largest absolute Gasteiger partial charge is 0.416 e. The summed E-state index contributed by atoms with van der Waals surface area (Å²) in [4.78, 5) is 12.2. The SMILES string of the molecule is Cc1ccc(NC(=O)NC2c3ccccc3CC2O)cc1C(F)(F)F. The van der Waals surface area contributed by atoms with Crippen LogP contribution in [0.4, 0.5) is 23.7 Å². The highest BCUT2D eigenvalue weighted by Crippen LogP contribution is 2.34. The summed E-state index contributed by atoms with van der Waals surface area (Å²) in [6.07, 6.45) is -4.84. The molecule has 0 spiro atoms. The molecule has 1 aliphatic rings. The molecule has 2 aromatic carbocycles. The van der Waals surface area contributed by atoms with Crippen LogP contribution in [0.15, 0.2) is 42.5 Å². The number of carbonyl (C=O) groups is 1. The first-order chi connectivity index (χ1) is 11.8. The lowest BCUT2D eigenvalue weighted by atomic mass is 10.1. The smallest absolute Gasteiger partial charge is 0.390 e. The first-order valence-corrected chi connectivity index (χ1v) is 7.77. The number of rotatable bonds is 2. The molecule has 2 amide bonds. The highest BCUT2D eigenvalue weighted by molar-refractivity contribution is 5.89. The van der Waals surface area contributed by atoms with Gasteiger partial charge in [0.25, 0.3) is 0 Å². The van der Waals surface area contributed by atoms with E-state index in [1.807, 2.05) is 18.2 Å². The average molecular weight is 350 g/mol. The van der Waals surface area contributed by atoms with Crippen molar-refractivity contribution in [1.29, 1.82) is 0 Å². The number of fused-ring (bicyclic) bond motifs is 1. The van der Waals surface area contributed by atoms with Gasteiger partial charge in [0.1, 0.15) is 0 Å². The molecule has 2 unspecified atom stereocenters. The Balaban J connectivity index is 1.74. The summed E-state index contributed by atoms with van der Waals surface area (Å²) in [5.74, 6) is 0. The van der Waals surface area contributed by atoms with E-state index in [0.717, 1.165) is 17.2 Å². The van der Waals surface area contributed by atoms with Gasteiger partial charge < -0.3 is 15.7 Å². The number of amides is 2. The van der Waals surface area contributed by atoms with Gasteiger partial charge in [0.05, 0.1) is 17.7 Å². The average Bonchev–Trinajstić information content (AvgIpc) is 2.84. The molecule has 0 fully saturated rings. The maximum Gasteiger partial charge on any atom is 0.416 e. The molecule has 0 aliphatic heterocycles. The minimum atomic E-state index is -4.49. The van der Waals surface area contributed by atoms with Gasteiger partial charge >= 0.3 is 12.2 Å². The van der Waals surface area contributed by atoms with Gasteiger partial charge in [-0.25, -0.2) is 4.79 Å². The summed E-state index contributed by atoms with van der Waals surface area (Å²) in [5, 5.41) is 15.1. The van der Waals surface area contributed by atoms with Crippen LogP contribution in [0.3, 0.4) is 0 Å². The van der Waals surface area contributed by atoms with Crippen molar-refractivity contribution in [2.24, 2.45) is 0 Å². The molecule has 1 aliphatic carbocycles. The Morgan fingerprint density at radius 1 is 1.20 bits per heavy atom. The first kappa shape index (κ1) is 17.3. The fourth-order valence-corrected chi connectivity index (χ4v) is 3.06. The number of carbonyl (C=O) groups excluding carboxylic acids is 1. The van der Waals surface area contributed by atoms with Crippen LogP contribution in [0.1, 0.15) is 28.3 Å². The summed E-state index contributed by atoms with van der Waals surface area (Å²) in [6.45, 7) is 1.36. The molecule has 0 heterocycles.